The van der Waals surface area contributed by atoms with Crippen LogP contribution in [0.2, 0.25) is 0 Å². The van der Waals surface area contributed by atoms with Crippen LogP contribution in [-0.2, 0) is 9.59 Å². The molecule has 1 saturated heterocycles. The van der Waals surface area contributed by atoms with E-state index in [-0.39, 0.29) is 17.1 Å². The molecule has 0 saturated carbocycles. The van der Waals surface area contributed by atoms with Crippen LogP contribution in [0.25, 0.3) is 11.8 Å². The van der Waals surface area contributed by atoms with Crippen LogP contribution >= 0.6 is 11.8 Å². The Hall–Kier alpha value is -4.18. The summed E-state index contributed by atoms with van der Waals surface area (Å²) in [5.41, 5.74) is 4.42. The highest BCUT2D eigenvalue weighted by Gasteiger charge is 2.36. The highest BCUT2D eigenvalue weighted by molar-refractivity contribution is 8.18. The highest BCUT2D eigenvalue weighted by atomic mass is 32.2. The van der Waals surface area contributed by atoms with Crippen LogP contribution in [0, 0.1) is 30.9 Å². The van der Waals surface area contributed by atoms with E-state index in [0.717, 1.165) is 33.6 Å². The zero-order valence-corrected chi connectivity index (χ0v) is 20.1. The molecule has 0 radical (unpaired) electrons. The number of nitro groups is 1. The second-order valence-corrected chi connectivity index (χ2v) is 9.12. The Morgan fingerprint density at radius 3 is 2.54 bits per heavy atom. The number of nitrogens with zero attached hydrogens (tertiary/aromatic N) is 3. The van der Waals surface area contributed by atoms with Crippen molar-refractivity contribution in [3.8, 4) is 5.69 Å². The maximum absolute atomic E-state index is 12.9. The summed E-state index contributed by atoms with van der Waals surface area (Å²) in [6.07, 6.45) is 1.61. The van der Waals surface area contributed by atoms with Gasteiger partial charge < -0.3 is 9.88 Å². The van der Waals surface area contributed by atoms with Crippen molar-refractivity contribution in [2.75, 3.05) is 11.9 Å². The van der Waals surface area contributed by atoms with Crippen LogP contribution in [0.4, 0.5) is 16.2 Å². The highest BCUT2D eigenvalue weighted by Crippen LogP contribution is 2.34. The van der Waals surface area contributed by atoms with Gasteiger partial charge in [0.1, 0.15) is 6.54 Å². The van der Waals surface area contributed by atoms with Gasteiger partial charge in [-0.15, -0.1) is 0 Å². The van der Waals surface area contributed by atoms with E-state index in [0.29, 0.717) is 16.9 Å². The zero-order valence-electron chi connectivity index (χ0n) is 19.3. The number of amides is 3. The van der Waals surface area contributed by atoms with Crippen molar-refractivity contribution < 1.29 is 19.3 Å². The third-order valence-corrected chi connectivity index (χ3v) is 6.44. The van der Waals surface area contributed by atoms with Crippen molar-refractivity contribution in [2.45, 2.75) is 20.8 Å². The average Bonchev–Trinajstić information content (AvgIpc) is 3.23. The van der Waals surface area contributed by atoms with Gasteiger partial charge in [-0.25, -0.2) is 0 Å². The number of imide groups is 1. The number of nitro benzene ring substituents is 1. The quantitative estimate of drug-likeness (QED) is 0.296. The number of carbonyl (C=O) groups excluding carboxylic acids is 3. The number of carbonyl (C=O) groups is 3. The Balaban J connectivity index is 1.55. The molecule has 2 heterocycles. The molecule has 0 aliphatic carbocycles. The molecule has 35 heavy (non-hydrogen) atoms. The van der Waals surface area contributed by atoms with Crippen molar-refractivity contribution >= 4 is 46.3 Å². The van der Waals surface area contributed by atoms with Gasteiger partial charge in [0.2, 0.25) is 5.91 Å². The van der Waals surface area contributed by atoms with Crippen molar-refractivity contribution in [1.82, 2.24) is 9.47 Å². The van der Waals surface area contributed by atoms with E-state index in [1.54, 1.807) is 36.4 Å². The molecule has 10 heteroatoms. The van der Waals surface area contributed by atoms with Gasteiger partial charge in [-0.1, -0.05) is 18.2 Å². The summed E-state index contributed by atoms with van der Waals surface area (Å²) in [6.45, 7) is 5.19. The first-order valence-corrected chi connectivity index (χ1v) is 11.5. The van der Waals surface area contributed by atoms with Crippen molar-refractivity contribution in [1.29, 1.82) is 0 Å². The fourth-order valence-electron chi connectivity index (χ4n) is 3.92. The standard InChI is InChI=1S/C25H22N4O5S/c1-15-6-4-7-19(10-15)26-23(30)14-27-24(31)22(35-25(27)32)12-18-11-16(2)28(17(18)3)20-8-5-9-21(13-20)29(33)34/h4-13H,14H2,1-3H3,(H,26,30). The van der Waals surface area contributed by atoms with Gasteiger partial charge in [0.15, 0.2) is 0 Å². The predicted molar refractivity (Wildman–Crippen MR) is 134 cm³/mol. The minimum absolute atomic E-state index is 0.0263. The van der Waals surface area contributed by atoms with Gasteiger partial charge in [0.25, 0.3) is 16.8 Å². The molecule has 0 bridgehead atoms. The van der Waals surface area contributed by atoms with Gasteiger partial charge in [0.05, 0.1) is 15.5 Å². The fraction of sp³-hybridized carbons (Fsp3) is 0.160. The van der Waals surface area contributed by atoms with Crippen molar-refractivity contribution in [3.05, 3.63) is 92.1 Å². The van der Waals surface area contributed by atoms with E-state index in [1.807, 2.05) is 37.5 Å². The number of hydrogen-bond acceptors (Lipinski definition) is 6. The van der Waals surface area contributed by atoms with Crippen molar-refractivity contribution in [2.24, 2.45) is 0 Å². The molecule has 0 unspecified atom stereocenters. The van der Waals surface area contributed by atoms with Crippen LogP contribution in [0.3, 0.4) is 0 Å². The second kappa shape index (κ2) is 9.59. The number of anilines is 1. The predicted octanol–water partition coefficient (Wildman–Crippen LogP) is 4.99. The number of nitrogens with one attached hydrogen (secondary N) is 1. The number of aromatic nitrogens is 1. The molecule has 0 spiro atoms. The molecule has 1 aromatic heterocycles. The lowest BCUT2D eigenvalue weighted by molar-refractivity contribution is -0.384. The lowest BCUT2D eigenvalue weighted by atomic mass is 10.2. The minimum atomic E-state index is -0.542. The van der Waals surface area contributed by atoms with E-state index in [2.05, 4.69) is 5.32 Å². The van der Waals surface area contributed by atoms with Gasteiger partial charge in [-0.2, -0.15) is 0 Å². The van der Waals surface area contributed by atoms with Crippen LogP contribution < -0.4 is 5.32 Å². The SMILES string of the molecule is Cc1cccc(NC(=O)CN2C(=O)SC(=Cc3cc(C)n(-c4cccc([N+](=O)[O-])c4)c3C)C2=O)c1. The molecule has 1 N–H and O–H groups in total. The van der Waals surface area contributed by atoms with E-state index in [9.17, 15) is 24.5 Å². The summed E-state index contributed by atoms with van der Waals surface area (Å²) in [5.74, 6) is -1.01. The summed E-state index contributed by atoms with van der Waals surface area (Å²) in [7, 11) is 0. The molecule has 178 valence electrons. The molecular weight excluding hydrogens is 468 g/mol. The van der Waals surface area contributed by atoms with Crippen LogP contribution in [0.5, 0.6) is 0 Å². The minimum Gasteiger partial charge on any atom is -0.325 e. The van der Waals surface area contributed by atoms with Gasteiger partial charge in [0, 0.05) is 29.2 Å². The second-order valence-electron chi connectivity index (χ2n) is 8.12. The largest absolute Gasteiger partial charge is 0.325 e. The summed E-state index contributed by atoms with van der Waals surface area (Å²) in [5, 5.41) is 13.3. The van der Waals surface area contributed by atoms with E-state index < -0.39 is 22.0 Å². The average molecular weight is 491 g/mol. The maximum atomic E-state index is 12.9. The third-order valence-electron chi connectivity index (χ3n) is 5.53. The molecule has 0 atom stereocenters. The van der Waals surface area contributed by atoms with Crippen molar-refractivity contribution in [3.63, 3.8) is 0 Å². The van der Waals surface area contributed by atoms with Crippen LogP contribution in [-0.4, -0.2) is 38.0 Å². The lowest BCUT2D eigenvalue weighted by Crippen LogP contribution is -2.36. The number of thioether (sulfide) groups is 1. The number of benzene rings is 2. The number of aryl methyl sites for hydroxylation is 2. The molecule has 1 aliphatic heterocycles. The molecule has 9 nitrogen and oxygen atoms in total. The van der Waals surface area contributed by atoms with Gasteiger partial charge in [-0.05, 0) is 74.0 Å². The maximum Gasteiger partial charge on any atom is 0.294 e. The third kappa shape index (κ3) is 5.02. The topological polar surface area (TPSA) is 115 Å². The normalized spacial score (nSPS) is 14.6. The summed E-state index contributed by atoms with van der Waals surface area (Å²) in [6, 6.07) is 15.3. The molecule has 3 aromatic rings. The number of non-ortho nitro benzene ring substituents is 1. The van der Waals surface area contributed by atoms with Crippen LogP contribution in [0.1, 0.15) is 22.5 Å². The first-order chi connectivity index (χ1) is 16.6. The van der Waals surface area contributed by atoms with E-state index >= 15 is 0 Å². The summed E-state index contributed by atoms with van der Waals surface area (Å²) >= 11 is 0.773. The smallest absolute Gasteiger partial charge is 0.294 e. The Bertz CT molecular complexity index is 1410. The van der Waals surface area contributed by atoms with E-state index in [1.165, 1.54) is 12.1 Å². The van der Waals surface area contributed by atoms with Crippen LogP contribution in [0.15, 0.2) is 59.5 Å². The number of hydrogen-bond donors (Lipinski definition) is 1. The first-order valence-electron chi connectivity index (χ1n) is 10.7. The molecule has 1 aliphatic rings. The Kier molecular flexibility index (Phi) is 6.57. The van der Waals surface area contributed by atoms with Gasteiger partial charge >= 0.3 is 0 Å². The summed E-state index contributed by atoms with van der Waals surface area (Å²) in [4.78, 5) is 49.7. The Morgan fingerprint density at radius 1 is 1.09 bits per heavy atom. The Morgan fingerprint density at radius 2 is 1.83 bits per heavy atom. The first kappa shape index (κ1) is 24.0. The number of rotatable bonds is 6. The lowest BCUT2D eigenvalue weighted by Gasteiger charge is -2.12. The molecule has 4 rings (SSSR count). The fourth-order valence-corrected chi connectivity index (χ4v) is 4.75. The monoisotopic (exact) mass is 490 g/mol. The van der Waals surface area contributed by atoms with E-state index in [4.69, 9.17) is 0 Å². The summed E-state index contributed by atoms with van der Waals surface area (Å²) < 4.78 is 1.85. The molecular formula is C25H22N4O5S. The molecule has 3 amide bonds. The Labute approximate surface area is 205 Å². The van der Waals surface area contributed by atoms with Gasteiger partial charge in [-0.3, -0.25) is 29.4 Å². The molecule has 1 fully saturated rings. The zero-order chi connectivity index (χ0) is 25.3. The molecule has 2 aromatic carbocycles.